The third-order valence-electron chi connectivity index (χ3n) is 2.68. The normalized spacial score (nSPS) is 11.1. The topological polar surface area (TPSA) is 42.2 Å². The molecule has 92 valence electrons. The SMILES string of the molecule is CNc1ccc(-c2cn3cc(F)nc(C)c3n2)s1. The van der Waals surface area contributed by atoms with E-state index in [-0.39, 0.29) is 0 Å². The third kappa shape index (κ3) is 1.74. The molecule has 0 saturated heterocycles. The summed E-state index contributed by atoms with van der Waals surface area (Å²) in [6, 6.07) is 3.99. The molecule has 3 rings (SSSR count). The highest BCUT2D eigenvalue weighted by atomic mass is 32.1. The number of aryl methyl sites for hydroxylation is 1. The molecule has 0 atom stereocenters. The van der Waals surface area contributed by atoms with E-state index < -0.39 is 5.95 Å². The summed E-state index contributed by atoms with van der Waals surface area (Å²) in [6.45, 7) is 1.75. The van der Waals surface area contributed by atoms with Crippen LogP contribution in [0.1, 0.15) is 5.69 Å². The molecule has 1 N–H and O–H groups in total. The molecule has 0 saturated carbocycles. The number of thiophene rings is 1. The number of hydrogen-bond donors (Lipinski definition) is 1. The molecule has 0 spiro atoms. The van der Waals surface area contributed by atoms with Crippen LogP contribution < -0.4 is 5.32 Å². The van der Waals surface area contributed by atoms with Crippen LogP contribution in [0.3, 0.4) is 0 Å². The molecule has 3 aromatic rings. The Bertz CT molecular complexity index is 716. The summed E-state index contributed by atoms with van der Waals surface area (Å²) in [5.41, 5.74) is 2.11. The van der Waals surface area contributed by atoms with Crippen molar-refractivity contribution in [2.45, 2.75) is 6.92 Å². The Hall–Kier alpha value is -1.95. The van der Waals surface area contributed by atoms with Gasteiger partial charge in [0.1, 0.15) is 0 Å². The molecular weight excluding hydrogens is 251 g/mol. The minimum Gasteiger partial charge on any atom is -0.380 e. The van der Waals surface area contributed by atoms with Gasteiger partial charge < -0.3 is 9.72 Å². The van der Waals surface area contributed by atoms with Crippen LogP contribution in [-0.4, -0.2) is 21.4 Å². The van der Waals surface area contributed by atoms with Gasteiger partial charge in [-0.05, 0) is 19.1 Å². The largest absolute Gasteiger partial charge is 0.380 e. The third-order valence-corrected chi connectivity index (χ3v) is 3.81. The number of anilines is 1. The van der Waals surface area contributed by atoms with Gasteiger partial charge in [0, 0.05) is 13.2 Å². The predicted octanol–water partition coefficient (Wildman–Crippen LogP) is 2.95. The van der Waals surface area contributed by atoms with Crippen molar-refractivity contribution in [1.29, 1.82) is 0 Å². The van der Waals surface area contributed by atoms with Gasteiger partial charge in [0.2, 0.25) is 5.95 Å². The number of rotatable bonds is 2. The number of halogens is 1. The highest BCUT2D eigenvalue weighted by Crippen LogP contribution is 2.30. The second-order valence-corrected chi connectivity index (χ2v) is 5.00. The summed E-state index contributed by atoms with van der Waals surface area (Å²) in [7, 11) is 1.88. The highest BCUT2D eigenvalue weighted by Gasteiger charge is 2.10. The minimum absolute atomic E-state index is 0.494. The van der Waals surface area contributed by atoms with Crippen molar-refractivity contribution >= 4 is 22.0 Å². The smallest absolute Gasteiger partial charge is 0.229 e. The summed E-state index contributed by atoms with van der Waals surface area (Å²) < 4.78 is 14.9. The molecule has 18 heavy (non-hydrogen) atoms. The van der Waals surface area contributed by atoms with Crippen LogP contribution in [0.15, 0.2) is 24.5 Å². The van der Waals surface area contributed by atoms with E-state index in [2.05, 4.69) is 15.3 Å². The standard InChI is InChI=1S/C12H11FN4S/c1-7-12-16-8(5-17(12)6-10(13)15-7)9-3-4-11(14-2)18-9/h3-6,14H,1-2H3. The van der Waals surface area contributed by atoms with Crippen molar-refractivity contribution in [3.8, 4) is 10.6 Å². The van der Waals surface area contributed by atoms with Crippen molar-refractivity contribution < 1.29 is 4.39 Å². The Morgan fingerprint density at radius 2 is 2.11 bits per heavy atom. The number of imidazole rings is 1. The first-order chi connectivity index (χ1) is 8.67. The van der Waals surface area contributed by atoms with Gasteiger partial charge in [-0.15, -0.1) is 11.3 Å². The van der Waals surface area contributed by atoms with Gasteiger partial charge in [-0.25, -0.2) is 9.97 Å². The molecule has 0 aliphatic rings. The lowest BCUT2D eigenvalue weighted by Crippen LogP contribution is -1.94. The fraction of sp³-hybridized carbons (Fsp3) is 0.167. The van der Waals surface area contributed by atoms with E-state index in [1.54, 1.807) is 22.7 Å². The zero-order chi connectivity index (χ0) is 12.7. The van der Waals surface area contributed by atoms with Crippen molar-refractivity contribution in [3.05, 3.63) is 36.2 Å². The number of nitrogens with zero attached hydrogens (tertiary/aromatic N) is 3. The fourth-order valence-electron chi connectivity index (χ4n) is 1.84. The Labute approximate surface area is 107 Å². The molecule has 0 radical (unpaired) electrons. The molecule has 0 bridgehead atoms. The number of aromatic nitrogens is 3. The van der Waals surface area contributed by atoms with Crippen LogP contribution in [0.4, 0.5) is 9.39 Å². The zero-order valence-electron chi connectivity index (χ0n) is 9.94. The quantitative estimate of drug-likeness (QED) is 0.772. The van der Waals surface area contributed by atoms with Crippen LogP contribution in [0.25, 0.3) is 16.2 Å². The lowest BCUT2D eigenvalue weighted by Gasteiger charge is -1.95. The van der Waals surface area contributed by atoms with E-state index in [0.29, 0.717) is 11.3 Å². The van der Waals surface area contributed by atoms with E-state index >= 15 is 0 Å². The van der Waals surface area contributed by atoms with Crippen molar-refractivity contribution in [2.24, 2.45) is 0 Å². The van der Waals surface area contributed by atoms with Gasteiger partial charge in [-0.2, -0.15) is 4.39 Å². The zero-order valence-corrected chi connectivity index (χ0v) is 10.8. The van der Waals surface area contributed by atoms with Gasteiger partial charge in [0.25, 0.3) is 0 Å². The molecule has 3 aromatic heterocycles. The molecule has 0 aliphatic carbocycles. The maximum absolute atomic E-state index is 13.2. The molecule has 0 aromatic carbocycles. The van der Waals surface area contributed by atoms with E-state index in [0.717, 1.165) is 15.6 Å². The molecule has 3 heterocycles. The average molecular weight is 262 g/mol. The first kappa shape index (κ1) is 11.2. The molecule has 0 unspecified atom stereocenters. The van der Waals surface area contributed by atoms with Gasteiger partial charge in [0.05, 0.1) is 27.5 Å². The monoisotopic (exact) mass is 262 g/mol. The predicted molar refractivity (Wildman–Crippen MR) is 70.5 cm³/mol. The van der Waals surface area contributed by atoms with Gasteiger partial charge in [0.15, 0.2) is 5.65 Å². The minimum atomic E-state index is -0.494. The van der Waals surface area contributed by atoms with Crippen LogP contribution in [0.5, 0.6) is 0 Å². The molecule has 4 nitrogen and oxygen atoms in total. The van der Waals surface area contributed by atoms with Crippen LogP contribution in [0, 0.1) is 12.9 Å². The Morgan fingerprint density at radius 1 is 1.28 bits per heavy atom. The second kappa shape index (κ2) is 4.06. The second-order valence-electron chi connectivity index (χ2n) is 3.92. The van der Waals surface area contributed by atoms with E-state index in [9.17, 15) is 4.39 Å². The lowest BCUT2D eigenvalue weighted by molar-refractivity contribution is 0.571. The number of nitrogens with one attached hydrogen (secondary N) is 1. The van der Waals surface area contributed by atoms with E-state index in [4.69, 9.17) is 0 Å². The van der Waals surface area contributed by atoms with Crippen LogP contribution in [-0.2, 0) is 0 Å². The average Bonchev–Trinajstić information content (AvgIpc) is 2.93. The van der Waals surface area contributed by atoms with Gasteiger partial charge >= 0.3 is 0 Å². The maximum atomic E-state index is 13.2. The Balaban J connectivity index is 2.16. The molecule has 0 aliphatic heterocycles. The van der Waals surface area contributed by atoms with Crippen LogP contribution in [0.2, 0.25) is 0 Å². The maximum Gasteiger partial charge on any atom is 0.229 e. The molecular formula is C12H11FN4S. The van der Waals surface area contributed by atoms with Gasteiger partial charge in [-0.1, -0.05) is 0 Å². The van der Waals surface area contributed by atoms with Crippen molar-refractivity contribution in [1.82, 2.24) is 14.4 Å². The fourth-order valence-corrected chi connectivity index (χ4v) is 2.66. The summed E-state index contributed by atoms with van der Waals surface area (Å²) in [5.74, 6) is -0.494. The number of fused-ring (bicyclic) bond motifs is 1. The Morgan fingerprint density at radius 3 is 2.83 bits per heavy atom. The van der Waals surface area contributed by atoms with E-state index in [1.165, 1.54) is 6.20 Å². The summed E-state index contributed by atoms with van der Waals surface area (Å²) >= 11 is 1.61. The highest BCUT2D eigenvalue weighted by molar-refractivity contribution is 7.19. The van der Waals surface area contributed by atoms with Gasteiger partial charge in [-0.3, -0.25) is 0 Å². The molecule has 0 amide bonds. The Kier molecular flexibility index (Phi) is 2.52. The summed E-state index contributed by atoms with van der Waals surface area (Å²) in [6.07, 6.45) is 3.16. The summed E-state index contributed by atoms with van der Waals surface area (Å²) in [4.78, 5) is 9.30. The first-order valence-electron chi connectivity index (χ1n) is 5.47. The number of hydrogen-bond acceptors (Lipinski definition) is 4. The molecule has 0 fully saturated rings. The lowest BCUT2D eigenvalue weighted by atomic mass is 10.4. The van der Waals surface area contributed by atoms with E-state index in [1.807, 2.05) is 25.4 Å². The van der Waals surface area contributed by atoms with Crippen LogP contribution >= 0.6 is 11.3 Å². The van der Waals surface area contributed by atoms with Crippen molar-refractivity contribution in [2.75, 3.05) is 12.4 Å². The summed E-state index contributed by atoms with van der Waals surface area (Å²) in [5, 5.41) is 4.16. The first-order valence-corrected chi connectivity index (χ1v) is 6.29. The van der Waals surface area contributed by atoms with Crippen molar-refractivity contribution in [3.63, 3.8) is 0 Å². The molecule has 6 heteroatoms.